The summed E-state index contributed by atoms with van der Waals surface area (Å²) in [4.78, 5) is 16.6. The molecule has 1 aromatic carbocycles. The number of piperidine rings is 1. The van der Waals surface area contributed by atoms with Gasteiger partial charge in [0.15, 0.2) is 0 Å². The van der Waals surface area contributed by atoms with Gasteiger partial charge in [0.25, 0.3) is 0 Å². The Bertz CT molecular complexity index is 935. The third-order valence-corrected chi connectivity index (χ3v) is 6.17. The van der Waals surface area contributed by atoms with E-state index in [1.165, 1.54) is 10.6 Å². The largest absolute Gasteiger partial charge is 0.383 e. The number of benzene rings is 1. The number of carbonyl (C=O) groups excluding carboxylic acids is 1. The average molecular weight is 411 g/mol. The molecule has 1 aromatic heterocycles. The summed E-state index contributed by atoms with van der Waals surface area (Å²) >= 11 is 6.00. The number of aromatic nitrogens is 1. The summed E-state index contributed by atoms with van der Waals surface area (Å²) in [5, 5.41) is 7.78. The molecular weight excluding hydrogens is 388 g/mol. The van der Waals surface area contributed by atoms with Crippen LogP contribution in [0, 0.1) is 5.92 Å². The van der Waals surface area contributed by atoms with Gasteiger partial charge in [-0.1, -0.05) is 11.6 Å². The summed E-state index contributed by atoms with van der Waals surface area (Å²) in [6.45, 7) is 1.75. The zero-order valence-corrected chi connectivity index (χ0v) is 16.7. The summed E-state index contributed by atoms with van der Waals surface area (Å²) < 4.78 is 24.7. The predicted octanol–water partition coefficient (Wildman–Crippen LogP) is 2.09. The molecule has 1 aliphatic rings. The summed E-state index contributed by atoms with van der Waals surface area (Å²) in [6, 6.07) is 7.41. The molecule has 1 aliphatic heterocycles. The second-order valence-corrected chi connectivity index (χ2v) is 9.12. The Hall–Kier alpha value is -1.90. The Balaban J connectivity index is 1.51. The number of rotatable bonds is 6. The van der Waals surface area contributed by atoms with E-state index in [-0.39, 0.29) is 18.4 Å². The van der Waals surface area contributed by atoms with Crippen molar-refractivity contribution in [1.82, 2.24) is 14.6 Å². The highest BCUT2D eigenvalue weighted by Gasteiger charge is 2.29. The van der Waals surface area contributed by atoms with Crippen molar-refractivity contribution < 1.29 is 13.2 Å². The Morgan fingerprint density at radius 3 is 2.93 bits per heavy atom. The Labute approximate surface area is 164 Å². The number of nitrogens with one attached hydrogen (secondary N) is 2. The molecular formula is C18H23ClN4O3S. The normalized spacial score (nSPS) is 18.4. The van der Waals surface area contributed by atoms with Gasteiger partial charge in [-0.2, -0.15) is 0 Å². The van der Waals surface area contributed by atoms with Crippen molar-refractivity contribution in [1.29, 1.82) is 0 Å². The third kappa shape index (κ3) is 5.09. The van der Waals surface area contributed by atoms with Gasteiger partial charge in [-0.25, -0.2) is 12.7 Å². The van der Waals surface area contributed by atoms with Crippen molar-refractivity contribution in [2.75, 3.05) is 37.8 Å². The molecule has 1 fully saturated rings. The lowest BCUT2D eigenvalue weighted by Crippen LogP contribution is -2.45. The van der Waals surface area contributed by atoms with Crippen LogP contribution < -0.4 is 10.6 Å². The van der Waals surface area contributed by atoms with E-state index in [1.807, 2.05) is 18.2 Å². The zero-order valence-electron chi connectivity index (χ0n) is 15.1. The first-order chi connectivity index (χ1) is 12.8. The van der Waals surface area contributed by atoms with Crippen molar-refractivity contribution in [2.24, 2.45) is 5.92 Å². The van der Waals surface area contributed by atoms with Gasteiger partial charge in [-0.05, 0) is 37.1 Å². The van der Waals surface area contributed by atoms with Crippen LogP contribution in [-0.2, 0) is 14.8 Å². The molecule has 1 amide bonds. The van der Waals surface area contributed by atoms with Crippen LogP contribution in [0.2, 0.25) is 5.02 Å². The molecule has 2 heterocycles. The van der Waals surface area contributed by atoms with E-state index in [4.69, 9.17) is 11.6 Å². The highest BCUT2D eigenvalue weighted by molar-refractivity contribution is 7.88. The standard InChI is InChI=1S/C18H23ClN4O3S/c1-27(25,26)23-10-2-3-13(12-23)18(24)22-9-8-21-16-6-7-20-17-11-14(19)4-5-15(16)17/h4-7,11,13H,2-3,8-10,12H2,1H3,(H,20,21)(H,22,24). The maximum absolute atomic E-state index is 12.3. The van der Waals surface area contributed by atoms with E-state index in [0.29, 0.717) is 37.5 Å². The Morgan fingerprint density at radius 1 is 1.33 bits per heavy atom. The van der Waals surface area contributed by atoms with Crippen molar-refractivity contribution in [2.45, 2.75) is 12.8 Å². The second kappa shape index (κ2) is 8.41. The minimum absolute atomic E-state index is 0.100. The van der Waals surface area contributed by atoms with Gasteiger partial charge in [-0.15, -0.1) is 0 Å². The summed E-state index contributed by atoms with van der Waals surface area (Å²) in [5.41, 5.74) is 1.73. The molecule has 3 rings (SSSR count). The van der Waals surface area contributed by atoms with Crippen LogP contribution >= 0.6 is 11.6 Å². The predicted molar refractivity (Wildman–Crippen MR) is 107 cm³/mol. The SMILES string of the molecule is CS(=O)(=O)N1CCCC(C(=O)NCCNc2ccnc3cc(Cl)ccc23)C1. The first kappa shape index (κ1) is 19.9. The van der Waals surface area contributed by atoms with Crippen LogP contribution in [0.1, 0.15) is 12.8 Å². The van der Waals surface area contributed by atoms with Crippen LogP contribution in [0.3, 0.4) is 0 Å². The number of fused-ring (bicyclic) bond motifs is 1. The lowest BCUT2D eigenvalue weighted by Gasteiger charge is -2.30. The quantitative estimate of drug-likeness (QED) is 0.711. The molecule has 2 aromatic rings. The smallest absolute Gasteiger partial charge is 0.224 e. The fraction of sp³-hybridized carbons (Fsp3) is 0.444. The number of nitrogens with zero attached hydrogens (tertiary/aromatic N) is 2. The molecule has 0 aliphatic carbocycles. The number of hydrogen-bond acceptors (Lipinski definition) is 5. The topological polar surface area (TPSA) is 91.4 Å². The minimum Gasteiger partial charge on any atom is -0.383 e. The van der Waals surface area contributed by atoms with Gasteiger partial charge in [-0.3, -0.25) is 9.78 Å². The second-order valence-electron chi connectivity index (χ2n) is 6.70. The molecule has 9 heteroatoms. The van der Waals surface area contributed by atoms with Crippen LogP contribution in [0.25, 0.3) is 10.9 Å². The van der Waals surface area contributed by atoms with Crippen LogP contribution in [0.15, 0.2) is 30.5 Å². The van der Waals surface area contributed by atoms with E-state index >= 15 is 0 Å². The average Bonchev–Trinajstić information content (AvgIpc) is 2.64. The number of carbonyl (C=O) groups is 1. The van der Waals surface area contributed by atoms with E-state index < -0.39 is 10.0 Å². The van der Waals surface area contributed by atoms with Gasteiger partial charge in [0, 0.05) is 48.5 Å². The molecule has 1 saturated heterocycles. The van der Waals surface area contributed by atoms with Gasteiger partial charge < -0.3 is 10.6 Å². The third-order valence-electron chi connectivity index (χ3n) is 4.67. The van der Waals surface area contributed by atoms with Crippen molar-refractivity contribution in [3.05, 3.63) is 35.5 Å². The molecule has 0 radical (unpaired) electrons. The summed E-state index contributed by atoms with van der Waals surface area (Å²) in [5.74, 6) is -0.395. The van der Waals surface area contributed by atoms with Crippen molar-refractivity contribution in [3.8, 4) is 0 Å². The first-order valence-electron chi connectivity index (χ1n) is 8.85. The van der Waals surface area contributed by atoms with E-state index in [0.717, 1.165) is 16.6 Å². The lowest BCUT2D eigenvalue weighted by molar-refractivity contribution is -0.125. The van der Waals surface area contributed by atoms with Crippen molar-refractivity contribution in [3.63, 3.8) is 0 Å². The number of halogens is 1. The maximum Gasteiger partial charge on any atom is 0.224 e. The van der Waals surface area contributed by atoms with Gasteiger partial charge in [0.1, 0.15) is 0 Å². The molecule has 146 valence electrons. The highest BCUT2D eigenvalue weighted by atomic mass is 35.5. The molecule has 0 saturated carbocycles. The van der Waals surface area contributed by atoms with Gasteiger partial charge >= 0.3 is 0 Å². The molecule has 7 nitrogen and oxygen atoms in total. The fourth-order valence-electron chi connectivity index (χ4n) is 3.26. The molecule has 1 atom stereocenters. The van der Waals surface area contributed by atoms with E-state index in [1.54, 1.807) is 12.3 Å². The number of sulfonamides is 1. The number of hydrogen-bond donors (Lipinski definition) is 2. The summed E-state index contributed by atoms with van der Waals surface area (Å²) in [6.07, 6.45) is 4.31. The fourth-order valence-corrected chi connectivity index (χ4v) is 4.34. The molecule has 1 unspecified atom stereocenters. The maximum atomic E-state index is 12.3. The van der Waals surface area contributed by atoms with Gasteiger partial charge in [0.2, 0.25) is 15.9 Å². The lowest BCUT2D eigenvalue weighted by atomic mass is 9.99. The number of pyridine rings is 1. The van der Waals surface area contributed by atoms with Crippen LogP contribution in [0.4, 0.5) is 5.69 Å². The van der Waals surface area contributed by atoms with Crippen LogP contribution in [-0.4, -0.2) is 56.0 Å². The monoisotopic (exact) mass is 410 g/mol. The summed E-state index contributed by atoms with van der Waals surface area (Å²) in [7, 11) is -3.25. The Morgan fingerprint density at radius 2 is 2.15 bits per heavy atom. The minimum atomic E-state index is -3.25. The number of anilines is 1. The van der Waals surface area contributed by atoms with Crippen molar-refractivity contribution >= 4 is 44.1 Å². The van der Waals surface area contributed by atoms with E-state index in [2.05, 4.69) is 15.6 Å². The molecule has 0 spiro atoms. The Kier molecular flexibility index (Phi) is 6.18. The first-order valence-corrected chi connectivity index (χ1v) is 11.1. The number of amides is 1. The zero-order chi connectivity index (χ0) is 19.4. The molecule has 0 bridgehead atoms. The van der Waals surface area contributed by atoms with Gasteiger partial charge in [0.05, 0.1) is 17.7 Å². The highest BCUT2D eigenvalue weighted by Crippen LogP contribution is 2.24. The molecule has 27 heavy (non-hydrogen) atoms. The van der Waals surface area contributed by atoms with Crippen LogP contribution in [0.5, 0.6) is 0 Å². The van der Waals surface area contributed by atoms with E-state index in [9.17, 15) is 13.2 Å². The molecule has 2 N–H and O–H groups in total.